The molecule has 3 aromatic carbocycles. The molecule has 4 aliphatic rings. The van der Waals surface area contributed by atoms with Gasteiger partial charge in [-0.25, -0.2) is 0 Å². The van der Waals surface area contributed by atoms with E-state index in [9.17, 15) is 56.2 Å². The van der Waals surface area contributed by atoms with Gasteiger partial charge in [-0.15, -0.1) is 0 Å². The maximum Gasteiger partial charge on any atom is 0.229 e. The van der Waals surface area contributed by atoms with Crippen LogP contribution in [0.5, 0.6) is 40.2 Å². The van der Waals surface area contributed by atoms with Crippen molar-refractivity contribution in [2.45, 2.75) is 85.6 Å². The molecule has 4 aliphatic heterocycles. The van der Waals surface area contributed by atoms with Crippen LogP contribution in [0.1, 0.15) is 46.5 Å². The van der Waals surface area contributed by atoms with E-state index in [1.165, 1.54) is 40.6 Å². The normalized spacial score (nSPS) is 33.5. The highest BCUT2D eigenvalue weighted by Crippen LogP contribution is 2.53. The van der Waals surface area contributed by atoms with Gasteiger partial charge in [0.2, 0.25) is 18.3 Å². The van der Waals surface area contributed by atoms with Crippen LogP contribution in [0, 0.1) is 11.8 Å². The first-order valence-corrected chi connectivity index (χ1v) is 20.5. The van der Waals surface area contributed by atoms with E-state index < -0.39 is 105 Å². The zero-order chi connectivity index (χ0) is 46.1. The number of benzene rings is 3. The molecule has 3 aromatic rings. The van der Waals surface area contributed by atoms with Crippen LogP contribution in [-0.4, -0.2) is 179 Å². The van der Waals surface area contributed by atoms with Gasteiger partial charge in [-0.05, 0) is 53.1 Å². The van der Waals surface area contributed by atoms with E-state index in [1.54, 1.807) is 30.3 Å². The molecule has 0 spiro atoms. The van der Waals surface area contributed by atoms with E-state index in [0.717, 1.165) is 5.56 Å². The Kier molecular flexibility index (Phi) is 14.9. The molecule has 16 unspecified atom stereocenters. The molecule has 4 saturated heterocycles. The predicted molar refractivity (Wildman–Crippen MR) is 215 cm³/mol. The fourth-order valence-electron chi connectivity index (χ4n) is 8.81. The van der Waals surface area contributed by atoms with Gasteiger partial charge in [0, 0.05) is 23.3 Å². The van der Waals surface area contributed by atoms with Crippen LogP contribution in [0.25, 0.3) is 0 Å². The number of ether oxygens (including phenoxy) is 10. The summed E-state index contributed by atoms with van der Waals surface area (Å²) in [6.07, 6.45) is -17.9. The Labute approximate surface area is 367 Å². The van der Waals surface area contributed by atoms with E-state index in [0.29, 0.717) is 5.56 Å². The Balaban J connectivity index is 1.11. The van der Waals surface area contributed by atoms with Gasteiger partial charge in [0.05, 0.1) is 79.8 Å². The SMILES string of the molecule is COc1cc(C2OCC3C(c4cc(OC)c(O)c(C(CO)C(O)c5cc(OC)c(OC6OC(CO)C(O)C(O)C6O)c(OC)c5)c4)OCC23)ccc1OC1OC(CO)C(O)C(O)C1O. The summed E-state index contributed by atoms with van der Waals surface area (Å²) in [5, 5.41) is 115. The standard InChI is InChI=1S/C43H56O21/c1-55-25-8-17(5-6-24(25)61-42-37(53)35(51)33(49)29(13-45)62-42)39-22-15-60-40(23(22)16-59-39)19-7-20(32(48)26(11-19)56-2)21(12-44)31(47)18-9-27(57-3)41(28(10-18)58-4)64-43-38(54)36(52)34(50)30(14-46)63-43/h5-11,21-23,29-31,33-40,42-54H,12-16H2,1-4H3. The molecule has 21 nitrogen and oxygen atoms in total. The van der Waals surface area contributed by atoms with Crippen molar-refractivity contribution in [3.8, 4) is 40.2 Å². The molecular formula is C43H56O21. The lowest BCUT2D eigenvalue weighted by Gasteiger charge is -2.39. The summed E-state index contributed by atoms with van der Waals surface area (Å²) in [7, 11) is 5.38. The molecule has 16 atom stereocenters. The third-order valence-electron chi connectivity index (χ3n) is 12.4. The quantitative estimate of drug-likeness (QED) is 0.0793. The van der Waals surface area contributed by atoms with Crippen molar-refractivity contribution in [3.05, 3.63) is 64.7 Å². The lowest BCUT2D eigenvalue weighted by atomic mass is 9.82. The molecule has 4 heterocycles. The number of hydrogen-bond acceptors (Lipinski definition) is 21. The third kappa shape index (κ3) is 8.86. The first-order valence-electron chi connectivity index (χ1n) is 20.5. The van der Waals surface area contributed by atoms with E-state index in [1.807, 2.05) is 0 Å². The molecule has 0 bridgehead atoms. The van der Waals surface area contributed by atoms with Gasteiger partial charge in [-0.1, -0.05) is 6.07 Å². The number of hydrogen-bond donors (Lipinski definition) is 11. The van der Waals surface area contributed by atoms with Crippen LogP contribution >= 0.6 is 0 Å². The van der Waals surface area contributed by atoms with Gasteiger partial charge in [0.25, 0.3) is 0 Å². The van der Waals surface area contributed by atoms with Crippen molar-refractivity contribution in [2.75, 3.05) is 61.5 Å². The Morgan fingerprint density at radius 2 is 1.08 bits per heavy atom. The summed E-state index contributed by atoms with van der Waals surface area (Å²) in [6, 6.07) is 11.0. The van der Waals surface area contributed by atoms with Crippen LogP contribution in [0.15, 0.2) is 42.5 Å². The molecule has 64 heavy (non-hydrogen) atoms. The number of phenolic OH excluding ortho intramolecular Hbond substituents is 1. The fraction of sp³-hybridized carbons (Fsp3) is 0.581. The second kappa shape index (κ2) is 20.1. The summed E-state index contributed by atoms with van der Waals surface area (Å²) in [5.41, 5.74) is 1.58. The van der Waals surface area contributed by atoms with Crippen molar-refractivity contribution < 1.29 is 104 Å². The van der Waals surface area contributed by atoms with Crippen molar-refractivity contribution in [3.63, 3.8) is 0 Å². The zero-order valence-corrected chi connectivity index (χ0v) is 35.3. The number of phenols is 1. The fourth-order valence-corrected chi connectivity index (χ4v) is 8.81. The van der Waals surface area contributed by atoms with Crippen LogP contribution in [0.3, 0.4) is 0 Å². The lowest BCUT2D eigenvalue weighted by Crippen LogP contribution is -2.60. The Bertz CT molecular complexity index is 2020. The Morgan fingerprint density at radius 1 is 0.578 bits per heavy atom. The highest BCUT2D eigenvalue weighted by molar-refractivity contribution is 5.56. The maximum absolute atomic E-state index is 11.9. The molecule has 354 valence electrons. The number of aliphatic hydroxyl groups excluding tert-OH is 10. The topological polar surface area (TPSA) is 315 Å². The molecule has 0 saturated carbocycles. The summed E-state index contributed by atoms with van der Waals surface area (Å²) >= 11 is 0. The molecule has 4 fully saturated rings. The molecule has 0 radical (unpaired) electrons. The average molecular weight is 909 g/mol. The zero-order valence-electron chi connectivity index (χ0n) is 35.3. The van der Waals surface area contributed by atoms with Gasteiger partial charge < -0.3 is 104 Å². The summed E-state index contributed by atoms with van der Waals surface area (Å²) in [6.45, 7) is -1.42. The Morgan fingerprint density at radius 3 is 1.58 bits per heavy atom. The smallest absolute Gasteiger partial charge is 0.229 e. The van der Waals surface area contributed by atoms with Crippen molar-refractivity contribution in [2.24, 2.45) is 11.8 Å². The minimum Gasteiger partial charge on any atom is -0.504 e. The van der Waals surface area contributed by atoms with E-state index in [4.69, 9.17) is 47.4 Å². The van der Waals surface area contributed by atoms with Crippen molar-refractivity contribution >= 4 is 0 Å². The molecule has 0 aliphatic carbocycles. The average Bonchev–Trinajstić information content (AvgIpc) is 3.93. The van der Waals surface area contributed by atoms with Crippen LogP contribution in [0.2, 0.25) is 0 Å². The maximum atomic E-state index is 11.9. The van der Waals surface area contributed by atoms with Crippen molar-refractivity contribution in [1.82, 2.24) is 0 Å². The largest absolute Gasteiger partial charge is 0.504 e. The summed E-state index contributed by atoms with van der Waals surface area (Å²) in [5.74, 6) is -1.56. The summed E-state index contributed by atoms with van der Waals surface area (Å²) in [4.78, 5) is 0. The molecule has 11 N–H and O–H groups in total. The number of methoxy groups -OCH3 is 4. The Hall–Kier alpha value is -4.30. The van der Waals surface area contributed by atoms with E-state index >= 15 is 0 Å². The van der Waals surface area contributed by atoms with Crippen LogP contribution in [-0.2, 0) is 18.9 Å². The van der Waals surface area contributed by atoms with Gasteiger partial charge >= 0.3 is 0 Å². The number of rotatable bonds is 16. The molecule has 0 aromatic heterocycles. The molecule has 0 amide bonds. The summed E-state index contributed by atoms with van der Waals surface area (Å²) < 4.78 is 57.7. The highest BCUT2D eigenvalue weighted by Gasteiger charge is 2.50. The minimum atomic E-state index is -1.74. The molecule has 7 rings (SSSR count). The van der Waals surface area contributed by atoms with E-state index in [-0.39, 0.29) is 76.4 Å². The van der Waals surface area contributed by atoms with E-state index in [2.05, 4.69) is 0 Å². The van der Waals surface area contributed by atoms with Crippen molar-refractivity contribution in [1.29, 1.82) is 0 Å². The number of fused-ring (bicyclic) bond motifs is 1. The third-order valence-corrected chi connectivity index (χ3v) is 12.4. The molecule has 21 heteroatoms. The van der Waals surface area contributed by atoms with Gasteiger partial charge in [0.15, 0.2) is 34.5 Å². The monoisotopic (exact) mass is 908 g/mol. The minimum absolute atomic E-state index is 0.0209. The van der Waals surface area contributed by atoms with Gasteiger partial charge in [-0.3, -0.25) is 0 Å². The molecular weight excluding hydrogens is 852 g/mol. The lowest BCUT2D eigenvalue weighted by molar-refractivity contribution is -0.277. The van der Waals surface area contributed by atoms with Crippen LogP contribution in [0.4, 0.5) is 0 Å². The van der Waals surface area contributed by atoms with Gasteiger partial charge in [0.1, 0.15) is 48.8 Å². The van der Waals surface area contributed by atoms with Crippen LogP contribution < -0.4 is 28.4 Å². The first-order chi connectivity index (χ1) is 30.7. The number of aliphatic hydroxyl groups is 10. The predicted octanol–water partition coefficient (Wildman–Crippen LogP) is -1.33. The second-order valence-corrected chi connectivity index (χ2v) is 16.0. The highest BCUT2D eigenvalue weighted by atomic mass is 16.7. The first kappa shape index (κ1) is 47.7. The number of aromatic hydroxyl groups is 1. The van der Waals surface area contributed by atoms with Gasteiger partial charge in [-0.2, -0.15) is 0 Å². The second-order valence-electron chi connectivity index (χ2n) is 16.0.